The summed E-state index contributed by atoms with van der Waals surface area (Å²) in [6.45, 7) is 1.86. The van der Waals surface area contributed by atoms with Gasteiger partial charge in [-0.1, -0.05) is 17.7 Å². The second-order valence-corrected chi connectivity index (χ2v) is 7.65. The van der Waals surface area contributed by atoms with Crippen LogP contribution in [0.2, 0.25) is 5.15 Å². The van der Waals surface area contributed by atoms with Crippen LogP contribution >= 0.6 is 22.9 Å². The largest absolute Gasteiger partial charge is 0.497 e. The van der Waals surface area contributed by atoms with E-state index in [0.29, 0.717) is 5.15 Å². The Morgan fingerprint density at radius 3 is 2.64 bits per heavy atom. The van der Waals surface area contributed by atoms with E-state index in [0.717, 1.165) is 33.3 Å². The molecule has 2 amide bonds. The number of pyridine rings is 1. The first kappa shape index (κ1) is 18.6. The summed E-state index contributed by atoms with van der Waals surface area (Å²) in [7, 11) is 1.64. The third-order valence-corrected chi connectivity index (χ3v) is 5.77. The molecule has 2 unspecified atom stereocenters. The SMILES string of the molecule is COc1ccc(-c2csc(C3C(C)=NC(=O)NC3c3ccc(Cl)nc3)n2)cc1. The highest BCUT2D eigenvalue weighted by atomic mass is 35.5. The Morgan fingerprint density at radius 1 is 1.18 bits per heavy atom. The summed E-state index contributed by atoms with van der Waals surface area (Å²) in [6.07, 6.45) is 1.68. The van der Waals surface area contributed by atoms with E-state index >= 15 is 0 Å². The number of methoxy groups -OCH3 is 1. The molecule has 0 radical (unpaired) electrons. The Bertz CT molecular complexity index is 1030. The lowest BCUT2D eigenvalue weighted by molar-refractivity contribution is 0.243. The average molecular weight is 413 g/mol. The van der Waals surface area contributed by atoms with E-state index in [-0.39, 0.29) is 18.0 Å². The molecule has 3 heterocycles. The van der Waals surface area contributed by atoms with Gasteiger partial charge in [0.2, 0.25) is 0 Å². The minimum absolute atomic E-state index is 0.169. The van der Waals surface area contributed by atoms with Crippen molar-refractivity contribution in [2.75, 3.05) is 7.11 Å². The van der Waals surface area contributed by atoms with E-state index in [1.165, 1.54) is 0 Å². The van der Waals surface area contributed by atoms with Gasteiger partial charge in [-0.3, -0.25) is 0 Å². The number of aromatic nitrogens is 2. The molecule has 1 aliphatic heterocycles. The van der Waals surface area contributed by atoms with Gasteiger partial charge in [0, 0.05) is 22.9 Å². The molecular formula is C20H17ClN4O2S. The third kappa shape index (κ3) is 3.63. The Kier molecular flexibility index (Phi) is 5.11. The number of nitrogens with one attached hydrogen (secondary N) is 1. The van der Waals surface area contributed by atoms with Gasteiger partial charge in [-0.25, -0.2) is 19.8 Å². The molecule has 2 aromatic heterocycles. The minimum Gasteiger partial charge on any atom is -0.497 e. The van der Waals surface area contributed by atoms with E-state index in [4.69, 9.17) is 21.3 Å². The summed E-state index contributed by atoms with van der Waals surface area (Å²) in [4.78, 5) is 25.1. The van der Waals surface area contributed by atoms with Crippen LogP contribution in [0.25, 0.3) is 11.3 Å². The second-order valence-electron chi connectivity index (χ2n) is 6.37. The Morgan fingerprint density at radius 2 is 1.96 bits per heavy atom. The van der Waals surface area contributed by atoms with Gasteiger partial charge in [-0.2, -0.15) is 0 Å². The normalized spacial score (nSPS) is 19.1. The molecule has 28 heavy (non-hydrogen) atoms. The van der Waals surface area contributed by atoms with Gasteiger partial charge in [0.25, 0.3) is 0 Å². The van der Waals surface area contributed by atoms with Crippen molar-refractivity contribution in [1.29, 1.82) is 0 Å². The van der Waals surface area contributed by atoms with Crippen molar-refractivity contribution >= 4 is 34.7 Å². The highest BCUT2D eigenvalue weighted by molar-refractivity contribution is 7.10. The maximum atomic E-state index is 12.0. The lowest BCUT2D eigenvalue weighted by atomic mass is 9.89. The standard InChI is InChI=1S/C20H17ClN4O2S/c1-11-17(18(25-20(26)23-11)13-5-8-16(21)22-9-13)19-24-15(10-28-19)12-3-6-14(27-2)7-4-12/h3-10,17-18H,1-2H3,(H,25,26). The van der Waals surface area contributed by atoms with Crippen molar-refractivity contribution in [1.82, 2.24) is 15.3 Å². The van der Waals surface area contributed by atoms with Gasteiger partial charge in [0.05, 0.1) is 24.8 Å². The summed E-state index contributed by atoms with van der Waals surface area (Å²) in [5, 5.41) is 6.24. The molecule has 4 rings (SSSR count). The number of ether oxygens (including phenoxy) is 1. The van der Waals surface area contributed by atoms with Gasteiger partial charge in [-0.15, -0.1) is 11.3 Å². The number of halogens is 1. The van der Waals surface area contributed by atoms with Crippen LogP contribution < -0.4 is 10.1 Å². The highest BCUT2D eigenvalue weighted by Crippen LogP contribution is 2.38. The number of carbonyl (C=O) groups excluding carboxylic acids is 1. The maximum Gasteiger partial charge on any atom is 0.341 e. The summed E-state index contributed by atoms with van der Waals surface area (Å²) in [5.74, 6) is 0.630. The number of thiazole rings is 1. The van der Waals surface area contributed by atoms with Crippen molar-refractivity contribution < 1.29 is 9.53 Å². The number of nitrogens with zero attached hydrogens (tertiary/aromatic N) is 3. The number of amides is 2. The molecule has 3 aromatic rings. The lowest BCUT2D eigenvalue weighted by Crippen LogP contribution is -2.38. The molecule has 0 fully saturated rings. The van der Waals surface area contributed by atoms with Gasteiger partial charge >= 0.3 is 6.03 Å². The second kappa shape index (κ2) is 7.69. The first-order valence-electron chi connectivity index (χ1n) is 8.62. The fraction of sp³-hybridized carbons (Fsp3) is 0.200. The van der Waals surface area contributed by atoms with Crippen molar-refractivity contribution in [3.63, 3.8) is 0 Å². The quantitative estimate of drug-likeness (QED) is 0.620. The summed E-state index contributed by atoms with van der Waals surface area (Å²) in [5.41, 5.74) is 3.46. The monoisotopic (exact) mass is 412 g/mol. The Balaban J connectivity index is 1.70. The van der Waals surface area contributed by atoms with Crippen molar-refractivity contribution in [3.8, 4) is 17.0 Å². The van der Waals surface area contributed by atoms with E-state index in [1.54, 1.807) is 30.7 Å². The van der Waals surface area contributed by atoms with Gasteiger partial charge in [0.15, 0.2) is 0 Å². The molecule has 0 saturated heterocycles. The first-order valence-corrected chi connectivity index (χ1v) is 9.88. The fourth-order valence-corrected chi connectivity index (χ4v) is 4.35. The molecule has 2 atom stereocenters. The molecule has 0 bridgehead atoms. The number of hydrogen-bond acceptors (Lipinski definition) is 5. The van der Waals surface area contributed by atoms with Gasteiger partial charge < -0.3 is 10.1 Å². The molecule has 1 aliphatic rings. The molecular weight excluding hydrogens is 396 g/mol. The van der Waals surface area contributed by atoms with Crippen LogP contribution in [0.1, 0.15) is 29.5 Å². The van der Waals surface area contributed by atoms with Crippen molar-refractivity contribution in [2.24, 2.45) is 4.99 Å². The Labute approximate surface area is 171 Å². The topological polar surface area (TPSA) is 76.5 Å². The molecule has 1 N–H and O–H groups in total. The smallest absolute Gasteiger partial charge is 0.341 e. The van der Waals surface area contributed by atoms with Crippen LogP contribution in [0.3, 0.4) is 0 Å². The zero-order valence-corrected chi connectivity index (χ0v) is 16.8. The van der Waals surface area contributed by atoms with Gasteiger partial charge in [0.1, 0.15) is 15.9 Å². The third-order valence-electron chi connectivity index (χ3n) is 4.62. The molecule has 142 valence electrons. The molecule has 0 spiro atoms. The number of rotatable bonds is 4. The number of benzene rings is 1. The lowest BCUT2D eigenvalue weighted by Gasteiger charge is -2.29. The number of hydrogen-bond donors (Lipinski definition) is 1. The van der Waals surface area contributed by atoms with E-state index in [2.05, 4.69) is 15.3 Å². The van der Waals surface area contributed by atoms with Crippen molar-refractivity contribution in [3.05, 3.63) is 63.7 Å². The van der Waals surface area contributed by atoms with E-state index in [9.17, 15) is 4.79 Å². The van der Waals surface area contributed by atoms with Crippen LogP contribution in [0.15, 0.2) is 53.0 Å². The molecule has 8 heteroatoms. The summed E-state index contributed by atoms with van der Waals surface area (Å²) < 4.78 is 5.21. The van der Waals surface area contributed by atoms with Gasteiger partial charge in [-0.05, 0) is 42.8 Å². The molecule has 0 aliphatic carbocycles. The number of aliphatic imine (C=N–C) groups is 1. The molecule has 1 aromatic carbocycles. The average Bonchev–Trinajstić information content (AvgIpc) is 3.17. The zero-order chi connectivity index (χ0) is 19.7. The minimum atomic E-state index is -0.361. The molecule has 0 saturated carbocycles. The predicted molar refractivity (Wildman–Crippen MR) is 110 cm³/mol. The van der Waals surface area contributed by atoms with E-state index < -0.39 is 0 Å². The zero-order valence-electron chi connectivity index (χ0n) is 15.2. The van der Waals surface area contributed by atoms with Crippen LogP contribution in [0.5, 0.6) is 5.75 Å². The summed E-state index contributed by atoms with van der Waals surface area (Å²) >= 11 is 7.46. The summed E-state index contributed by atoms with van der Waals surface area (Å²) in [6, 6.07) is 10.7. The first-order chi connectivity index (χ1) is 13.5. The van der Waals surface area contributed by atoms with E-state index in [1.807, 2.05) is 42.6 Å². The maximum absolute atomic E-state index is 12.0. The highest BCUT2D eigenvalue weighted by Gasteiger charge is 2.35. The van der Waals surface area contributed by atoms with Crippen LogP contribution in [-0.2, 0) is 0 Å². The van der Waals surface area contributed by atoms with Crippen LogP contribution in [0, 0.1) is 0 Å². The number of urea groups is 1. The van der Waals surface area contributed by atoms with Crippen LogP contribution in [-0.4, -0.2) is 28.8 Å². The van der Waals surface area contributed by atoms with Crippen LogP contribution in [0.4, 0.5) is 4.79 Å². The van der Waals surface area contributed by atoms with Crippen molar-refractivity contribution in [2.45, 2.75) is 18.9 Å². The predicted octanol–water partition coefficient (Wildman–Crippen LogP) is 4.88. The number of carbonyl (C=O) groups is 1. The molecule has 6 nitrogen and oxygen atoms in total. The fourth-order valence-electron chi connectivity index (χ4n) is 3.21. The Hall–Kier alpha value is -2.77.